The number of ether oxygens (including phenoxy) is 1. The number of hydrogen-bond donors (Lipinski definition) is 2. The van der Waals surface area contributed by atoms with Gasteiger partial charge in [-0.05, 0) is 56.2 Å². The largest absolute Gasteiger partial charge is 0.463 e. The standard InChI is InChI=1S/C19H25Cl2N3O2S/c1-4-26-18(25)16-13(3)22-19(27)23-17(16)14-9-12(2)10-15(11-14)24(7-5-20)8-6-21/h9-11,17H,4-8H2,1-3H3,(H2,22,23,27). The summed E-state index contributed by atoms with van der Waals surface area (Å²) in [6.07, 6.45) is 0. The van der Waals surface area contributed by atoms with Crippen LogP contribution in [0.25, 0.3) is 0 Å². The fourth-order valence-corrected chi connectivity index (χ4v) is 3.82. The molecule has 0 amide bonds. The highest BCUT2D eigenvalue weighted by atomic mass is 35.5. The molecule has 1 aliphatic heterocycles. The number of carbonyl (C=O) groups excluding carboxylic acids is 1. The third kappa shape index (κ3) is 5.50. The number of thiocarbonyl (C=S) groups is 1. The number of allylic oxidation sites excluding steroid dienone is 1. The van der Waals surface area contributed by atoms with Crippen LogP contribution >= 0.6 is 35.4 Å². The maximum absolute atomic E-state index is 12.6. The number of esters is 1. The van der Waals surface area contributed by atoms with Crippen molar-refractivity contribution in [3.8, 4) is 0 Å². The van der Waals surface area contributed by atoms with Gasteiger partial charge in [0, 0.05) is 36.2 Å². The zero-order valence-electron chi connectivity index (χ0n) is 15.8. The molecule has 148 valence electrons. The van der Waals surface area contributed by atoms with Crippen molar-refractivity contribution < 1.29 is 9.53 Å². The molecule has 2 rings (SSSR count). The van der Waals surface area contributed by atoms with E-state index in [0.717, 1.165) is 16.8 Å². The fourth-order valence-electron chi connectivity index (χ4n) is 3.14. The zero-order chi connectivity index (χ0) is 20.0. The van der Waals surface area contributed by atoms with E-state index in [9.17, 15) is 4.79 Å². The number of halogens is 2. The Labute approximate surface area is 176 Å². The van der Waals surface area contributed by atoms with Crippen molar-refractivity contribution in [1.82, 2.24) is 10.6 Å². The van der Waals surface area contributed by atoms with Crippen LogP contribution in [0.5, 0.6) is 0 Å². The van der Waals surface area contributed by atoms with Crippen molar-refractivity contribution in [2.75, 3.05) is 36.4 Å². The Morgan fingerprint density at radius 3 is 2.48 bits per heavy atom. The molecule has 0 saturated heterocycles. The molecule has 1 aromatic rings. The van der Waals surface area contributed by atoms with Crippen LogP contribution < -0.4 is 15.5 Å². The highest BCUT2D eigenvalue weighted by Gasteiger charge is 2.31. The summed E-state index contributed by atoms with van der Waals surface area (Å²) in [7, 11) is 0. The minimum Gasteiger partial charge on any atom is -0.463 e. The molecule has 2 N–H and O–H groups in total. The summed E-state index contributed by atoms with van der Waals surface area (Å²) in [6, 6.07) is 5.79. The lowest BCUT2D eigenvalue weighted by Crippen LogP contribution is -2.45. The molecule has 1 heterocycles. The Balaban J connectivity index is 2.49. The molecule has 0 aliphatic carbocycles. The minimum absolute atomic E-state index is 0.311. The van der Waals surface area contributed by atoms with Gasteiger partial charge in [0.25, 0.3) is 0 Å². The van der Waals surface area contributed by atoms with Crippen LogP contribution in [-0.4, -0.2) is 42.5 Å². The topological polar surface area (TPSA) is 53.6 Å². The summed E-state index contributed by atoms with van der Waals surface area (Å²) in [6.45, 7) is 7.33. The summed E-state index contributed by atoms with van der Waals surface area (Å²) >= 11 is 17.2. The van der Waals surface area contributed by atoms with E-state index in [2.05, 4.69) is 21.6 Å². The van der Waals surface area contributed by atoms with E-state index in [0.29, 0.717) is 47.8 Å². The van der Waals surface area contributed by atoms with E-state index < -0.39 is 0 Å². The molecule has 0 spiro atoms. The van der Waals surface area contributed by atoms with E-state index in [1.165, 1.54) is 0 Å². The Hall–Kier alpha value is -1.50. The first-order valence-corrected chi connectivity index (χ1v) is 10.3. The van der Waals surface area contributed by atoms with Crippen LogP contribution in [0.4, 0.5) is 5.69 Å². The molecule has 0 saturated carbocycles. The molecule has 1 aromatic carbocycles. The first kappa shape index (κ1) is 21.8. The summed E-state index contributed by atoms with van der Waals surface area (Å²) in [4.78, 5) is 14.7. The van der Waals surface area contributed by atoms with Gasteiger partial charge < -0.3 is 20.3 Å². The highest BCUT2D eigenvalue weighted by molar-refractivity contribution is 7.80. The van der Waals surface area contributed by atoms with Gasteiger partial charge in [-0.2, -0.15) is 0 Å². The predicted molar refractivity (Wildman–Crippen MR) is 116 cm³/mol. The smallest absolute Gasteiger partial charge is 0.338 e. The predicted octanol–water partition coefficient (Wildman–Crippen LogP) is 3.63. The van der Waals surface area contributed by atoms with Crippen LogP contribution in [0.2, 0.25) is 0 Å². The van der Waals surface area contributed by atoms with Gasteiger partial charge in [0.1, 0.15) is 0 Å². The van der Waals surface area contributed by atoms with Gasteiger partial charge in [0.15, 0.2) is 5.11 Å². The van der Waals surface area contributed by atoms with Crippen molar-refractivity contribution in [3.05, 3.63) is 40.6 Å². The van der Waals surface area contributed by atoms with E-state index in [1.54, 1.807) is 6.92 Å². The van der Waals surface area contributed by atoms with E-state index in [-0.39, 0.29) is 12.0 Å². The van der Waals surface area contributed by atoms with Gasteiger partial charge in [-0.3, -0.25) is 0 Å². The third-order valence-corrected chi connectivity index (χ3v) is 4.81. The SMILES string of the molecule is CCOC(=O)C1=C(C)NC(=S)NC1c1cc(C)cc(N(CCCl)CCCl)c1. The molecule has 0 radical (unpaired) electrons. The number of carbonyl (C=O) groups is 1. The molecule has 1 aliphatic rings. The summed E-state index contributed by atoms with van der Waals surface area (Å²) in [5, 5.41) is 6.69. The van der Waals surface area contributed by atoms with Gasteiger partial charge in [-0.15, -0.1) is 23.2 Å². The number of benzene rings is 1. The van der Waals surface area contributed by atoms with Crippen molar-refractivity contribution in [2.45, 2.75) is 26.8 Å². The normalized spacial score (nSPS) is 16.6. The van der Waals surface area contributed by atoms with E-state index in [1.807, 2.05) is 26.0 Å². The lowest BCUT2D eigenvalue weighted by atomic mass is 9.94. The Morgan fingerprint density at radius 2 is 1.89 bits per heavy atom. The zero-order valence-corrected chi connectivity index (χ0v) is 18.1. The van der Waals surface area contributed by atoms with Crippen LogP contribution in [0.15, 0.2) is 29.5 Å². The Bertz CT molecular complexity index is 734. The average molecular weight is 430 g/mol. The van der Waals surface area contributed by atoms with Gasteiger partial charge in [0.2, 0.25) is 0 Å². The second-order valence-corrected chi connectivity index (χ2v) is 7.42. The van der Waals surface area contributed by atoms with Gasteiger partial charge >= 0.3 is 5.97 Å². The Morgan fingerprint density at radius 1 is 1.22 bits per heavy atom. The average Bonchev–Trinajstić information content (AvgIpc) is 2.60. The van der Waals surface area contributed by atoms with E-state index >= 15 is 0 Å². The van der Waals surface area contributed by atoms with Crippen molar-refractivity contribution in [2.24, 2.45) is 0 Å². The lowest BCUT2D eigenvalue weighted by Gasteiger charge is -2.31. The summed E-state index contributed by atoms with van der Waals surface area (Å²) in [5.41, 5.74) is 4.25. The van der Waals surface area contributed by atoms with Crippen LogP contribution in [-0.2, 0) is 9.53 Å². The van der Waals surface area contributed by atoms with Crippen LogP contribution in [0.1, 0.15) is 31.0 Å². The summed E-state index contributed by atoms with van der Waals surface area (Å²) in [5.74, 6) is 0.648. The number of rotatable bonds is 8. The lowest BCUT2D eigenvalue weighted by molar-refractivity contribution is -0.139. The van der Waals surface area contributed by atoms with Gasteiger partial charge in [0.05, 0.1) is 18.2 Å². The quantitative estimate of drug-likeness (QED) is 0.373. The number of anilines is 1. The van der Waals surface area contributed by atoms with Crippen molar-refractivity contribution in [3.63, 3.8) is 0 Å². The second-order valence-electron chi connectivity index (χ2n) is 6.26. The molecule has 5 nitrogen and oxygen atoms in total. The van der Waals surface area contributed by atoms with Gasteiger partial charge in [-0.1, -0.05) is 6.07 Å². The van der Waals surface area contributed by atoms with Gasteiger partial charge in [-0.25, -0.2) is 4.79 Å². The van der Waals surface area contributed by atoms with Crippen LogP contribution in [0, 0.1) is 6.92 Å². The van der Waals surface area contributed by atoms with Crippen LogP contribution in [0.3, 0.4) is 0 Å². The molecule has 0 bridgehead atoms. The van der Waals surface area contributed by atoms with Crippen molar-refractivity contribution >= 4 is 52.2 Å². The molecule has 27 heavy (non-hydrogen) atoms. The molecule has 1 atom stereocenters. The number of hydrogen-bond acceptors (Lipinski definition) is 4. The molecule has 0 aromatic heterocycles. The third-order valence-electron chi connectivity index (χ3n) is 4.26. The molecule has 1 unspecified atom stereocenters. The number of nitrogens with one attached hydrogen (secondary N) is 2. The first-order chi connectivity index (χ1) is 12.9. The maximum atomic E-state index is 12.6. The molecular formula is C19H25Cl2N3O2S. The number of nitrogens with zero attached hydrogens (tertiary/aromatic N) is 1. The second kappa shape index (κ2) is 10.2. The highest BCUT2D eigenvalue weighted by Crippen LogP contribution is 2.31. The minimum atomic E-state index is -0.384. The molecular weight excluding hydrogens is 405 g/mol. The maximum Gasteiger partial charge on any atom is 0.338 e. The Kier molecular flexibility index (Phi) is 8.20. The molecule has 8 heteroatoms. The van der Waals surface area contributed by atoms with E-state index in [4.69, 9.17) is 40.2 Å². The summed E-state index contributed by atoms with van der Waals surface area (Å²) < 4.78 is 5.26. The number of alkyl halides is 2. The first-order valence-electron chi connectivity index (χ1n) is 8.85. The van der Waals surface area contributed by atoms with Crippen molar-refractivity contribution in [1.29, 1.82) is 0 Å². The fraction of sp³-hybridized carbons (Fsp3) is 0.474. The number of aryl methyl sites for hydroxylation is 1. The monoisotopic (exact) mass is 429 g/mol. The molecule has 0 fully saturated rings.